The molecule has 5 nitrogen and oxygen atoms in total. The number of benzene rings is 4. The molecule has 1 N–H and O–H groups in total. The zero-order valence-corrected chi connectivity index (χ0v) is 23.5. The quantitative estimate of drug-likeness (QED) is 0.175. The molecule has 4 aromatic carbocycles. The van der Waals surface area contributed by atoms with E-state index >= 15 is 0 Å². The zero-order chi connectivity index (χ0) is 30.2. The summed E-state index contributed by atoms with van der Waals surface area (Å²) in [5.74, 6) is -1.55. The van der Waals surface area contributed by atoms with Crippen LogP contribution in [0.15, 0.2) is 126 Å². The van der Waals surface area contributed by atoms with Crippen molar-refractivity contribution in [3.63, 3.8) is 0 Å². The molecule has 0 unspecified atom stereocenters. The summed E-state index contributed by atoms with van der Waals surface area (Å²) in [4.78, 5) is 33.6. The van der Waals surface area contributed by atoms with Crippen LogP contribution in [0.25, 0.3) is 0 Å². The van der Waals surface area contributed by atoms with Crippen LogP contribution in [0.5, 0.6) is 0 Å². The van der Waals surface area contributed by atoms with E-state index in [1.54, 1.807) is 78.9 Å². The molecule has 5 aromatic rings. The monoisotopic (exact) mass is 596 g/mol. The molecule has 9 heteroatoms. The largest absolute Gasteiger partial charge is 0.417 e. The number of hydrogen-bond acceptors (Lipinski definition) is 4. The topological polar surface area (TPSA) is 62.3 Å². The SMILES string of the molecule is O=C(NCc1ccccc1)c1c(C(F)(F)F)ccnc1N(C(=O)c1ccc[c]c1SCc1ccccc1)c1ccccc1. The Bertz CT molecular complexity index is 1700. The molecule has 0 saturated heterocycles. The summed E-state index contributed by atoms with van der Waals surface area (Å²) in [6.07, 6.45) is -3.93. The van der Waals surface area contributed by atoms with Crippen LogP contribution in [0.4, 0.5) is 24.7 Å². The molecule has 0 aliphatic carbocycles. The lowest BCUT2D eigenvalue weighted by atomic mass is 10.1. The van der Waals surface area contributed by atoms with E-state index in [1.165, 1.54) is 11.8 Å². The van der Waals surface area contributed by atoms with E-state index in [1.807, 2.05) is 30.3 Å². The molecule has 5 rings (SSSR count). The normalized spacial score (nSPS) is 11.1. The molecule has 1 aromatic heterocycles. The summed E-state index contributed by atoms with van der Waals surface area (Å²) >= 11 is 1.38. The smallest absolute Gasteiger partial charge is 0.348 e. The maximum atomic E-state index is 14.3. The second kappa shape index (κ2) is 13.4. The van der Waals surface area contributed by atoms with Crippen molar-refractivity contribution >= 4 is 35.1 Å². The van der Waals surface area contributed by atoms with Crippen LogP contribution in [-0.4, -0.2) is 16.8 Å². The van der Waals surface area contributed by atoms with E-state index in [4.69, 9.17) is 0 Å². The van der Waals surface area contributed by atoms with Gasteiger partial charge in [-0.05, 0) is 41.5 Å². The third kappa shape index (κ3) is 7.13. The molecular formula is C34H25F3N3O2S. The second-order valence-corrected chi connectivity index (χ2v) is 10.4. The molecule has 0 atom stereocenters. The van der Waals surface area contributed by atoms with Gasteiger partial charge in [-0.1, -0.05) is 91.0 Å². The van der Waals surface area contributed by atoms with Crippen molar-refractivity contribution in [1.82, 2.24) is 10.3 Å². The van der Waals surface area contributed by atoms with E-state index in [9.17, 15) is 22.8 Å². The van der Waals surface area contributed by atoms with Crippen molar-refractivity contribution in [3.8, 4) is 0 Å². The number of amides is 2. The number of hydrogen-bond donors (Lipinski definition) is 1. The highest BCUT2D eigenvalue weighted by Crippen LogP contribution is 2.39. The van der Waals surface area contributed by atoms with Crippen molar-refractivity contribution in [2.75, 3.05) is 4.90 Å². The van der Waals surface area contributed by atoms with E-state index in [2.05, 4.69) is 16.4 Å². The van der Waals surface area contributed by atoms with Crippen molar-refractivity contribution in [2.45, 2.75) is 23.4 Å². The molecule has 1 heterocycles. The first-order valence-electron chi connectivity index (χ1n) is 13.3. The Hall–Kier alpha value is -4.89. The van der Waals surface area contributed by atoms with E-state index in [0.717, 1.165) is 22.7 Å². The fourth-order valence-electron chi connectivity index (χ4n) is 4.42. The molecule has 0 bridgehead atoms. The Morgan fingerprint density at radius 3 is 2.09 bits per heavy atom. The van der Waals surface area contributed by atoms with Crippen LogP contribution in [0.1, 0.15) is 37.4 Å². The molecule has 215 valence electrons. The fraction of sp³-hybridized carbons (Fsp3) is 0.0882. The Balaban J connectivity index is 1.59. The molecule has 1 radical (unpaired) electrons. The van der Waals surface area contributed by atoms with Crippen LogP contribution < -0.4 is 10.2 Å². The van der Waals surface area contributed by atoms with Gasteiger partial charge in [0.2, 0.25) is 0 Å². The van der Waals surface area contributed by atoms with Gasteiger partial charge in [0.15, 0.2) is 5.82 Å². The van der Waals surface area contributed by atoms with E-state index < -0.39 is 34.9 Å². The van der Waals surface area contributed by atoms with E-state index in [0.29, 0.717) is 16.2 Å². The summed E-state index contributed by atoms with van der Waals surface area (Å²) in [6, 6.07) is 35.4. The number of anilines is 2. The number of thioether (sulfide) groups is 1. The predicted molar refractivity (Wildman–Crippen MR) is 161 cm³/mol. The van der Waals surface area contributed by atoms with Crippen LogP contribution in [0, 0.1) is 6.07 Å². The molecule has 0 aliphatic heterocycles. The highest BCUT2D eigenvalue weighted by molar-refractivity contribution is 7.98. The number of alkyl halides is 3. The average Bonchev–Trinajstić information content (AvgIpc) is 3.04. The van der Waals surface area contributed by atoms with Gasteiger partial charge in [0, 0.05) is 23.4 Å². The van der Waals surface area contributed by atoms with Gasteiger partial charge < -0.3 is 5.32 Å². The first kappa shape index (κ1) is 29.6. The molecule has 0 spiro atoms. The summed E-state index contributed by atoms with van der Waals surface area (Å²) in [5.41, 5.74) is 0.240. The van der Waals surface area contributed by atoms with Gasteiger partial charge in [-0.15, -0.1) is 11.8 Å². The standard InChI is InChI=1S/C34H25F3N3O2S/c35-34(36,37)28-20-21-38-31(30(28)32(41)39-22-24-12-4-1-5-13-24)40(26-16-8-3-9-17-26)33(42)27-18-10-11-19-29(27)43-23-25-14-6-2-7-15-25/h1-18,20-21H,22-23H2,(H,39,41). The second-order valence-electron chi connectivity index (χ2n) is 9.39. The van der Waals surface area contributed by atoms with Crippen LogP contribution >= 0.6 is 11.8 Å². The maximum absolute atomic E-state index is 14.3. The van der Waals surface area contributed by atoms with E-state index in [-0.39, 0.29) is 17.8 Å². The van der Waals surface area contributed by atoms with Gasteiger partial charge >= 0.3 is 6.18 Å². The third-order valence-corrected chi connectivity index (χ3v) is 7.57. The summed E-state index contributed by atoms with van der Waals surface area (Å²) in [6.45, 7) is -0.0154. The molecule has 0 fully saturated rings. The van der Waals surface area contributed by atoms with Crippen molar-refractivity contribution in [1.29, 1.82) is 0 Å². The van der Waals surface area contributed by atoms with Crippen LogP contribution in [-0.2, 0) is 18.5 Å². The average molecular weight is 597 g/mol. The summed E-state index contributed by atoms with van der Waals surface area (Å²) in [7, 11) is 0. The van der Waals surface area contributed by atoms with Crippen molar-refractivity contribution < 1.29 is 22.8 Å². The number of halogens is 3. The highest BCUT2D eigenvalue weighted by Gasteiger charge is 2.39. The molecular weight excluding hydrogens is 571 g/mol. The number of aromatic nitrogens is 1. The number of carbonyl (C=O) groups is 2. The van der Waals surface area contributed by atoms with Crippen molar-refractivity contribution in [2.24, 2.45) is 0 Å². The van der Waals surface area contributed by atoms with Gasteiger partial charge in [0.05, 0.1) is 22.4 Å². The van der Waals surface area contributed by atoms with Gasteiger partial charge in [-0.25, -0.2) is 4.98 Å². The fourth-order valence-corrected chi connectivity index (χ4v) is 5.39. The Morgan fingerprint density at radius 2 is 1.44 bits per heavy atom. The van der Waals surface area contributed by atoms with Crippen LogP contribution in [0.2, 0.25) is 0 Å². The molecule has 0 aliphatic rings. The first-order valence-corrected chi connectivity index (χ1v) is 14.3. The number of rotatable bonds is 9. The number of carbonyl (C=O) groups excluding carboxylic acids is 2. The molecule has 43 heavy (non-hydrogen) atoms. The minimum atomic E-state index is -4.89. The summed E-state index contributed by atoms with van der Waals surface area (Å²) in [5, 5.41) is 2.58. The van der Waals surface area contributed by atoms with Gasteiger partial charge in [0.25, 0.3) is 11.8 Å². The predicted octanol–water partition coefficient (Wildman–Crippen LogP) is 8.10. The number of nitrogens with zero attached hydrogens (tertiary/aromatic N) is 2. The molecule has 0 saturated carbocycles. The van der Waals surface area contributed by atoms with Gasteiger partial charge in [-0.3, -0.25) is 14.5 Å². The highest BCUT2D eigenvalue weighted by atomic mass is 32.2. The number of nitrogens with one attached hydrogen (secondary N) is 1. The number of para-hydroxylation sites is 1. The van der Waals surface area contributed by atoms with Gasteiger partial charge in [-0.2, -0.15) is 13.2 Å². The first-order chi connectivity index (χ1) is 20.8. The minimum absolute atomic E-state index is 0.0154. The zero-order valence-electron chi connectivity index (χ0n) is 22.7. The minimum Gasteiger partial charge on any atom is -0.348 e. The Labute approximate surface area is 251 Å². The Morgan fingerprint density at radius 1 is 0.814 bits per heavy atom. The third-order valence-electron chi connectivity index (χ3n) is 6.46. The lowest BCUT2D eigenvalue weighted by Gasteiger charge is -2.26. The lowest BCUT2D eigenvalue weighted by molar-refractivity contribution is -0.138. The Kier molecular flexibility index (Phi) is 9.22. The summed E-state index contributed by atoms with van der Waals surface area (Å²) < 4.78 is 43.0. The van der Waals surface area contributed by atoms with Crippen molar-refractivity contribution in [3.05, 3.63) is 155 Å². The van der Waals surface area contributed by atoms with Crippen LogP contribution in [0.3, 0.4) is 0 Å². The number of pyridine rings is 1. The maximum Gasteiger partial charge on any atom is 0.417 e. The lowest BCUT2D eigenvalue weighted by Crippen LogP contribution is -2.33. The molecule has 2 amide bonds. The van der Waals surface area contributed by atoms with Gasteiger partial charge in [0.1, 0.15) is 0 Å².